The van der Waals surface area contributed by atoms with Crippen LogP contribution in [0.5, 0.6) is 0 Å². The van der Waals surface area contributed by atoms with Crippen molar-refractivity contribution in [3.8, 4) is 0 Å². The number of hydrogen-bond acceptors (Lipinski definition) is 2. The molecule has 2 heterocycles. The monoisotopic (exact) mass is 335 g/mol. The minimum atomic E-state index is -0.430. The van der Waals surface area contributed by atoms with Crippen LogP contribution in [0.25, 0.3) is 0 Å². The molecule has 0 unspecified atom stereocenters. The smallest absolute Gasteiger partial charge is 0.227 e. The molecule has 6 heteroatoms. The number of halogens is 2. The number of likely N-dealkylation sites (tertiary alicyclic amines) is 1. The summed E-state index contributed by atoms with van der Waals surface area (Å²) < 4.78 is 15.8. The lowest BCUT2D eigenvalue weighted by atomic mass is 10.1. The first-order chi connectivity index (χ1) is 11.0. The molecule has 1 aromatic heterocycles. The molecule has 122 valence electrons. The van der Waals surface area contributed by atoms with Crippen LogP contribution < -0.4 is 0 Å². The van der Waals surface area contributed by atoms with Crippen LogP contribution in [0.1, 0.15) is 29.4 Å². The summed E-state index contributed by atoms with van der Waals surface area (Å²) in [5.41, 5.74) is 2.35. The van der Waals surface area contributed by atoms with Gasteiger partial charge in [-0.2, -0.15) is 5.10 Å². The maximum absolute atomic E-state index is 13.8. The van der Waals surface area contributed by atoms with E-state index in [2.05, 4.69) is 5.10 Å². The number of nitrogens with zero attached hydrogens (tertiary/aromatic N) is 3. The Kier molecular flexibility index (Phi) is 4.39. The van der Waals surface area contributed by atoms with Crippen molar-refractivity contribution < 1.29 is 9.18 Å². The Labute approximate surface area is 139 Å². The molecule has 1 amide bonds. The fourth-order valence-electron chi connectivity index (χ4n) is 3.15. The molecule has 0 spiro atoms. The van der Waals surface area contributed by atoms with E-state index in [0.29, 0.717) is 18.1 Å². The standard InChI is InChI=1S/C17H19ClFN3O/c1-11-8-12(2)22(20-11)13-6-7-21(10-13)17(23)9-14-15(18)4-3-5-16(14)19/h3-5,8,13H,6-7,9-10H2,1-2H3/t13-/m0/s1. The quantitative estimate of drug-likeness (QED) is 0.863. The first kappa shape index (κ1) is 16.0. The Morgan fingerprint density at radius 2 is 2.22 bits per heavy atom. The van der Waals surface area contributed by atoms with Crippen molar-refractivity contribution in [1.82, 2.24) is 14.7 Å². The van der Waals surface area contributed by atoms with Gasteiger partial charge in [-0.1, -0.05) is 17.7 Å². The van der Waals surface area contributed by atoms with Crippen LogP contribution >= 0.6 is 11.6 Å². The lowest BCUT2D eigenvalue weighted by Gasteiger charge is -2.18. The van der Waals surface area contributed by atoms with Gasteiger partial charge in [-0.25, -0.2) is 4.39 Å². The molecule has 1 saturated heterocycles. The maximum atomic E-state index is 13.8. The number of benzene rings is 1. The van der Waals surface area contributed by atoms with Crippen molar-refractivity contribution in [1.29, 1.82) is 0 Å². The number of carbonyl (C=O) groups is 1. The predicted octanol–water partition coefficient (Wildman–Crippen LogP) is 3.31. The van der Waals surface area contributed by atoms with Gasteiger partial charge < -0.3 is 4.90 Å². The zero-order valence-electron chi connectivity index (χ0n) is 13.2. The molecule has 0 radical (unpaired) electrons. The van der Waals surface area contributed by atoms with Crippen LogP contribution in [0.15, 0.2) is 24.3 Å². The lowest BCUT2D eigenvalue weighted by Crippen LogP contribution is -2.31. The Morgan fingerprint density at radius 3 is 2.87 bits per heavy atom. The third-order valence-electron chi connectivity index (χ3n) is 4.30. The number of carbonyl (C=O) groups excluding carboxylic acids is 1. The second-order valence-corrected chi connectivity index (χ2v) is 6.44. The number of aromatic nitrogens is 2. The molecular formula is C17H19ClFN3O. The van der Waals surface area contributed by atoms with Gasteiger partial charge in [0.2, 0.25) is 5.91 Å². The van der Waals surface area contributed by atoms with E-state index in [-0.39, 0.29) is 23.9 Å². The second kappa shape index (κ2) is 6.32. The molecule has 2 aromatic rings. The largest absolute Gasteiger partial charge is 0.340 e. The fourth-order valence-corrected chi connectivity index (χ4v) is 3.38. The molecule has 1 aromatic carbocycles. The van der Waals surface area contributed by atoms with Gasteiger partial charge in [-0.05, 0) is 38.5 Å². The number of rotatable bonds is 3. The van der Waals surface area contributed by atoms with Crippen LogP contribution in [0.4, 0.5) is 4.39 Å². The van der Waals surface area contributed by atoms with E-state index in [1.807, 2.05) is 24.6 Å². The number of hydrogen-bond donors (Lipinski definition) is 0. The summed E-state index contributed by atoms with van der Waals surface area (Å²) >= 11 is 6.00. The first-order valence-corrected chi connectivity index (χ1v) is 8.07. The Balaban J connectivity index is 1.69. The van der Waals surface area contributed by atoms with Gasteiger partial charge in [0.1, 0.15) is 5.82 Å². The summed E-state index contributed by atoms with van der Waals surface area (Å²) in [5, 5.41) is 4.79. The van der Waals surface area contributed by atoms with Crippen molar-refractivity contribution >= 4 is 17.5 Å². The highest BCUT2D eigenvalue weighted by Gasteiger charge is 2.29. The average molecular weight is 336 g/mol. The van der Waals surface area contributed by atoms with Crippen LogP contribution in [0, 0.1) is 19.7 Å². The highest BCUT2D eigenvalue weighted by Crippen LogP contribution is 2.25. The molecule has 0 aliphatic carbocycles. The summed E-state index contributed by atoms with van der Waals surface area (Å²) in [4.78, 5) is 14.2. The third-order valence-corrected chi connectivity index (χ3v) is 4.65. The summed E-state index contributed by atoms with van der Waals surface area (Å²) in [6.07, 6.45) is 0.855. The van der Waals surface area contributed by atoms with Gasteiger partial charge in [-0.15, -0.1) is 0 Å². The molecule has 4 nitrogen and oxygen atoms in total. The van der Waals surface area contributed by atoms with E-state index < -0.39 is 5.82 Å². The van der Waals surface area contributed by atoms with E-state index in [1.165, 1.54) is 6.07 Å². The minimum Gasteiger partial charge on any atom is -0.340 e. The van der Waals surface area contributed by atoms with Crippen molar-refractivity contribution in [3.05, 3.63) is 52.1 Å². The highest BCUT2D eigenvalue weighted by atomic mass is 35.5. The molecule has 0 bridgehead atoms. The van der Waals surface area contributed by atoms with Crippen molar-refractivity contribution in [3.63, 3.8) is 0 Å². The Morgan fingerprint density at radius 1 is 1.43 bits per heavy atom. The highest BCUT2D eigenvalue weighted by molar-refractivity contribution is 6.31. The van der Waals surface area contributed by atoms with Crippen LogP contribution in [0.3, 0.4) is 0 Å². The van der Waals surface area contributed by atoms with E-state index in [0.717, 1.165) is 17.8 Å². The molecular weight excluding hydrogens is 317 g/mol. The van der Waals surface area contributed by atoms with Crippen LogP contribution in [-0.4, -0.2) is 33.7 Å². The Bertz CT molecular complexity index is 723. The lowest BCUT2D eigenvalue weighted by molar-refractivity contribution is -0.129. The van der Waals surface area contributed by atoms with Crippen molar-refractivity contribution in [2.24, 2.45) is 0 Å². The van der Waals surface area contributed by atoms with Gasteiger partial charge in [0.05, 0.1) is 18.2 Å². The fraction of sp³-hybridized carbons (Fsp3) is 0.412. The minimum absolute atomic E-state index is 0.00462. The number of amides is 1. The van der Waals surface area contributed by atoms with E-state index in [4.69, 9.17) is 11.6 Å². The van der Waals surface area contributed by atoms with Gasteiger partial charge in [-0.3, -0.25) is 9.48 Å². The zero-order valence-corrected chi connectivity index (χ0v) is 14.0. The molecule has 1 atom stereocenters. The third kappa shape index (κ3) is 3.24. The van der Waals surface area contributed by atoms with Crippen molar-refractivity contribution in [2.45, 2.75) is 32.7 Å². The summed E-state index contributed by atoms with van der Waals surface area (Å²) in [6.45, 7) is 5.24. The molecule has 1 aliphatic rings. The molecule has 0 N–H and O–H groups in total. The van der Waals surface area contributed by atoms with Gasteiger partial charge >= 0.3 is 0 Å². The normalized spacial score (nSPS) is 17.7. The molecule has 23 heavy (non-hydrogen) atoms. The average Bonchev–Trinajstić information content (AvgIpc) is 3.09. The second-order valence-electron chi connectivity index (χ2n) is 6.03. The predicted molar refractivity (Wildman–Crippen MR) is 87.0 cm³/mol. The van der Waals surface area contributed by atoms with Crippen LogP contribution in [0.2, 0.25) is 5.02 Å². The van der Waals surface area contributed by atoms with E-state index in [1.54, 1.807) is 17.0 Å². The van der Waals surface area contributed by atoms with Crippen LogP contribution in [-0.2, 0) is 11.2 Å². The topological polar surface area (TPSA) is 38.1 Å². The van der Waals surface area contributed by atoms with E-state index in [9.17, 15) is 9.18 Å². The first-order valence-electron chi connectivity index (χ1n) is 7.69. The Hall–Kier alpha value is -1.88. The van der Waals surface area contributed by atoms with Gasteiger partial charge in [0.15, 0.2) is 0 Å². The summed E-state index contributed by atoms with van der Waals surface area (Å²) in [5.74, 6) is -0.527. The maximum Gasteiger partial charge on any atom is 0.227 e. The summed E-state index contributed by atoms with van der Waals surface area (Å²) in [6, 6.07) is 6.69. The molecule has 1 fully saturated rings. The molecule has 3 rings (SSSR count). The van der Waals surface area contributed by atoms with Crippen molar-refractivity contribution in [2.75, 3.05) is 13.1 Å². The summed E-state index contributed by atoms with van der Waals surface area (Å²) in [7, 11) is 0. The molecule has 0 saturated carbocycles. The van der Waals surface area contributed by atoms with E-state index >= 15 is 0 Å². The zero-order chi connectivity index (χ0) is 16.6. The van der Waals surface area contributed by atoms with Gasteiger partial charge in [0, 0.05) is 29.4 Å². The number of aryl methyl sites for hydroxylation is 2. The van der Waals surface area contributed by atoms with Gasteiger partial charge in [0.25, 0.3) is 0 Å². The SMILES string of the molecule is Cc1cc(C)n([C@H]2CCN(C(=O)Cc3c(F)cccc3Cl)C2)n1. The molecule has 1 aliphatic heterocycles.